The molecule has 0 bridgehead atoms. The molecule has 0 saturated heterocycles. The Morgan fingerprint density at radius 2 is 1.75 bits per heavy atom. The minimum absolute atomic E-state index is 0.00413. The molecule has 9 nitrogen and oxygen atoms in total. The third-order valence-electron chi connectivity index (χ3n) is 11.1. The monoisotopic (exact) mass is 746 g/mol. The maximum absolute atomic E-state index is 14.0. The number of oxime groups is 1. The van der Waals surface area contributed by atoms with Gasteiger partial charge in [0.15, 0.2) is 0 Å². The van der Waals surface area contributed by atoms with Gasteiger partial charge >= 0.3 is 0 Å². The van der Waals surface area contributed by atoms with Gasteiger partial charge in [-0.3, -0.25) is 4.79 Å². The van der Waals surface area contributed by atoms with E-state index in [1.807, 2.05) is 57.0 Å². The van der Waals surface area contributed by atoms with E-state index >= 15 is 0 Å². The lowest BCUT2D eigenvalue weighted by Gasteiger charge is -2.59. The van der Waals surface area contributed by atoms with Crippen LogP contribution in [0.15, 0.2) is 76.8 Å². The second-order valence-corrected chi connectivity index (χ2v) is 16.9. The van der Waals surface area contributed by atoms with Gasteiger partial charge < -0.3 is 34.2 Å². The molecule has 2 aromatic rings. The van der Waals surface area contributed by atoms with Crippen molar-refractivity contribution in [2.45, 2.75) is 107 Å². The van der Waals surface area contributed by atoms with Crippen LogP contribution in [0.1, 0.15) is 90.0 Å². The fraction of sp³-hybridized carbons (Fsp3) is 0.581. The lowest BCUT2D eigenvalue weighted by Crippen LogP contribution is -2.69. The van der Waals surface area contributed by atoms with E-state index in [9.17, 15) is 15.0 Å². The van der Waals surface area contributed by atoms with Crippen molar-refractivity contribution in [2.75, 3.05) is 33.1 Å². The highest BCUT2D eigenvalue weighted by atomic mass is 32.2. The second kappa shape index (κ2) is 17.0. The topological polar surface area (TPSA) is 110 Å². The molecule has 53 heavy (non-hydrogen) atoms. The number of amides is 1. The molecular formula is C43H58N2O7S. The number of aliphatic hydroxyl groups is 2. The summed E-state index contributed by atoms with van der Waals surface area (Å²) in [5, 5.41) is 24.6. The minimum atomic E-state index is -1.24. The highest BCUT2D eigenvalue weighted by Crippen LogP contribution is 2.62. The minimum Gasteiger partial charge on any atom is -0.459 e. The average Bonchev–Trinajstić information content (AvgIpc) is 4.00. The third kappa shape index (κ3) is 8.66. The molecule has 288 valence electrons. The number of likely N-dealkylation sites (N-methyl/N-ethyl adjacent to an activating group) is 1. The van der Waals surface area contributed by atoms with Crippen LogP contribution >= 0.6 is 11.8 Å². The fourth-order valence-electron chi connectivity index (χ4n) is 8.54. The Morgan fingerprint density at radius 1 is 1.06 bits per heavy atom. The van der Waals surface area contributed by atoms with Gasteiger partial charge in [-0.15, -0.1) is 18.3 Å². The molecule has 0 aromatic heterocycles. The van der Waals surface area contributed by atoms with Crippen LogP contribution in [0, 0.1) is 23.7 Å². The van der Waals surface area contributed by atoms with E-state index in [0.717, 1.165) is 72.4 Å². The van der Waals surface area contributed by atoms with E-state index in [1.54, 1.807) is 17.8 Å². The number of ether oxygens (including phenoxy) is 3. The quantitative estimate of drug-likeness (QED) is 0.0718. The van der Waals surface area contributed by atoms with Gasteiger partial charge in [-0.05, 0) is 125 Å². The molecule has 1 heterocycles. The molecule has 2 N–H and O–H groups in total. The first-order valence-corrected chi connectivity index (χ1v) is 20.6. The van der Waals surface area contributed by atoms with Crippen molar-refractivity contribution < 1.29 is 34.1 Å². The first kappa shape index (κ1) is 39.4. The number of carbonyl (C=O) groups excluding carboxylic acids is 1. The Balaban J connectivity index is 1.56. The van der Waals surface area contributed by atoms with Crippen molar-refractivity contribution in [3.05, 3.63) is 72.3 Å². The number of hydrogen-bond donors (Lipinski definition) is 2. The molecule has 6 atom stereocenters. The fourth-order valence-corrected chi connectivity index (χ4v) is 8.94. The predicted molar refractivity (Wildman–Crippen MR) is 210 cm³/mol. The molecule has 6 rings (SSSR count). The van der Waals surface area contributed by atoms with Gasteiger partial charge in [0.05, 0.1) is 18.2 Å². The number of allylic oxidation sites excluding steroid dienone is 1. The lowest BCUT2D eigenvalue weighted by molar-refractivity contribution is -0.256. The van der Waals surface area contributed by atoms with Crippen LogP contribution in [-0.2, 0) is 14.4 Å². The van der Waals surface area contributed by atoms with Crippen molar-refractivity contribution in [3.63, 3.8) is 0 Å². The summed E-state index contributed by atoms with van der Waals surface area (Å²) < 4.78 is 20.7. The summed E-state index contributed by atoms with van der Waals surface area (Å²) >= 11 is 1.69. The van der Waals surface area contributed by atoms with Gasteiger partial charge in [0.25, 0.3) is 0 Å². The van der Waals surface area contributed by atoms with Crippen molar-refractivity contribution in [3.8, 4) is 17.2 Å². The van der Waals surface area contributed by atoms with Crippen molar-refractivity contribution in [2.24, 2.45) is 28.8 Å². The molecule has 10 heteroatoms. The number of benzene rings is 2. The predicted octanol–water partition coefficient (Wildman–Crippen LogP) is 8.50. The molecule has 1 aliphatic heterocycles. The standard InChI is InChI=1S/C43H58N2O7S/c1-7-24-49-43-38(45(5)41(48)28-14-15-28)27-36(44-52-42(2,3)4)34-25-29(12-8-10-22-46)33(13-9-11-23-47)39(40(34)43)35-26-31(18-21-37(35)51-43)50-30-16-19-32(53-6)20-17-30/h7,16-21,25-26,28-29,33,38-40,46-47H,1,8-15,22-24,27H2,2-6H3/t29-,33+,38-,39+,40+,43+/m0/s1. The van der Waals surface area contributed by atoms with Crippen LogP contribution in [0.25, 0.3) is 0 Å². The third-order valence-corrected chi connectivity index (χ3v) is 11.9. The molecule has 0 spiro atoms. The first-order chi connectivity index (χ1) is 25.5. The number of unbranched alkanes of at least 4 members (excludes halogenated alkanes) is 2. The van der Waals surface area contributed by atoms with E-state index < -0.39 is 17.4 Å². The van der Waals surface area contributed by atoms with Crippen LogP contribution < -0.4 is 9.47 Å². The van der Waals surface area contributed by atoms with E-state index in [2.05, 4.69) is 37.1 Å². The molecule has 0 unspecified atom stereocenters. The van der Waals surface area contributed by atoms with Gasteiger partial charge in [0.2, 0.25) is 11.7 Å². The SMILES string of the molecule is C=CCO[C@@]12Oc3ccc(Oc4ccc(SC)cc4)cc3[C@H]3[C@H](CCCCO)[C@@H](CCCCO)C=C(C(=NOC(C)(C)C)C[C@@H]1N(C)C(=O)C1CC1)[C@H]32. The summed E-state index contributed by atoms with van der Waals surface area (Å²) in [5.41, 5.74) is 2.35. The zero-order valence-corrected chi connectivity index (χ0v) is 32.9. The molecule has 2 saturated carbocycles. The second-order valence-electron chi connectivity index (χ2n) is 16.0. The maximum atomic E-state index is 14.0. The summed E-state index contributed by atoms with van der Waals surface area (Å²) in [6, 6.07) is 13.7. The number of aliphatic hydroxyl groups excluding tert-OH is 2. The van der Waals surface area contributed by atoms with Crippen LogP contribution in [0.2, 0.25) is 0 Å². The van der Waals surface area contributed by atoms with Crippen molar-refractivity contribution in [1.82, 2.24) is 4.90 Å². The first-order valence-electron chi connectivity index (χ1n) is 19.4. The van der Waals surface area contributed by atoms with E-state index in [4.69, 9.17) is 24.2 Å². The van der Waals surface area contributed by atoms with E-state index in [0.29, 0.717) is 24.3 Å². The Bertz CT molecular complexity index is 1650. The number of nitrogens with zero attached hydrogens (tertiary/aromatic N) is 2. The van der Waals surface area contributed by atoms with Crippen LogP contribution in [0.5, 0.6) is 17.2 Å². The molecule has 3 aliphatic carbocycles. The summed E-state index contributed by atoms with van der Waals surface area (Å²) in [5.74, 6) is 0.905. The zero-order chi connectivity index (χ0) is 37.8. The summed E-state index contributed by atoms with van der Waals surface area (Å²) in [6.07, 6.45) is 13.3. The van der Waals surface area contributed by atoms with Gasteiger partial charge in [-0.25, -0.2) is 0 Å². The number of fused-ring (bicyclic) bond motifs is 2. The highest BCUT2D eigenvalue weighted by Gasteiger charge is 2.65. The average molecular weight is 747 g/mol. The molecule has 0 radical (unpaired) electrons. The maximum Gasteiger partial charge on any atom is 0.239 e. The van der Waals surface area contributed by atoms with Crippen LogP contribution in [-0.4, -0.2) is 77.3 Å². The lowest BCUT2D eigenvalue weighted by atomic mass is 9.55. The molecule has 2 fully saturated rings. The highest BCUT2D eigenvalue weighted by molar-refractivity contribution is 7.98. The zero-order valence-electron chi connectivity index (χ0n) is 32.1. The number of hydrogen-bond acceptors (Lipinski definition) is 9. The molecule has 4 aliphatic rings. The van der Waals surface area contributed by atoms with Crippen molar-refractivity contribution in [1.29, 1.82) is 0 Å². The summed E-state index contributed by atoms with van der Waals surface area (Å²) in [4.78, 5) is 23.2. The molecular weight excluding hydrogens is 689 g/mol. The van der Waals surface area contributed by atoms with E-state index in [1.165, 1.54) is 0 Å². The number of thioether (sulfide) groups is 1. The number of rotatable bonds is 17. The smallest absolute Gasteiger partial charge is 0.239 e. The van der Waals surface area contributed by atoms with Crippen molar-refractivity contribution >= 4 is 23.4 Å². The molecule has 1 amide bonds. The Labute approximate surface area is 319 Å². The Hall–Kier alpha value is -3.31. The Morgan fingerprint density at radius 3 is 2.40 bits per heavy atom. The van der Waals surface area contributed by atoms with E-state index in [-0.39, 0.29) is 55.3 Å². The van der Waals surface area contributed by atoms with Crippen LogP contribution in [0.4, 0.5) is 0 Å². The normalized spacial score (nSPS) is 26.9. The van der Waals surface area contributed by atoms with Crippen LogP contribution in [0.3, 0.4) is 0 Å². The van der Waals surface area contributed by atoms with Gasteiger partial charge in [0.1, 0.15) is 28.9 Å². The van der Waals surface area contributed by atoms with Gasteiger partial charge in [0, 0.05) is 49.0 Å². The summed E-state index contributed by atoms with van der Waals surface area (Å²) in [6.45, 7) is 10.5. The van der Waals surface area contributed by atoms with Gasteiger partial charge in [-0.1, -0.05) is 30.1 Å². The summed E-state index contributed by atoms with van der Waals surface area (Å²) in [7, 11) is 1.88. The van der Waals surface area contributed by atoms with Gasteiger partial charge in [-0.2, -0.15) is 0 Å². The largest absolute Gasteiger partial charge is 0.459 e. The Kier molecular flexibility index (Phi) is 12.6. The molecule has 2 aromatic carbocycles. The number of carbonyl (C=O) groups is 1.